The molecule has 2 amide bonds. The van der Waals surface area contributed by atoms with Crippen molar-refractivity contribution in [1.82, 2.24) is 15.5 Å². The zero-order chi connectivity index (χ0) is 22.9. The molecule has 0 spiro atoms. The highest BCUT2D eigenvalue weighted by molar-refractivity contribution is 6.30. The number of aliphatic hydroxyl groups is 2. The molecule has 0 aliphatic heterocycles. The van der Waals surface area contributed by atoms with Crippen molar-refractivity contribution in [2.24, 2.45) is 0 Å². The maximum atomic E-state index is 12.6. The molecule has 10 nitrogen and oxygen atoms in total. The Morgan fingerprint density at radius 3 is 2.44 bits per heavy atom. The second kappa shape index (κ2) is 11.3. The molecule has 0 saturated carbocycles. The predicted molar refractivity (Wildman–Crippen MR) is 119 cm³/mol. The van der Waals surface area contributed by atoms with Crippen molar-refractivity contribution in [3.8, 4) is 5.75 Å². The third-order valence-electron chi connectivity index (χ3n) is 4.53. The van der Waals surface area contributed by atoms with Crippen molar-refractivity contribution in [2.75, 3.05) is 31.0 Å². The van der Waals surface area contributed by atoms with Gasteiger partial charge in [-0.3, -0.25) is 0 Å². The summed E-state index contributed by atoms with van der Waals surface area (Å²) >= 11 is 5.88. The van der Waals surface area contributed by atoms with E-state index in [1.165, 1.54) is 0 Å². The summed E-state index contributed by atoms with van der Waals surface area (Å²) in [5.74, 6) is 0.938. The fourth-order valence-corrected chi connectivity index (χ4v) is 2.95. The molecular formula is C21H24ClN5O5. The smallest absolute Gasteiger partial charge is 0.321 e. The number of rotatable bonds is 10. The van der Waals surface area contributed by atoms with E-state index in [9.17, 15) is 15.0 Å². The van der Waals surface area contributed by atoms with Gasteiger partial charge < -0.3 is 35.4 Å². The van der Waals surface area contributed by atoms with Gasteiger partial charge in [0.15, 0.2) is 5.82 Å². The number of nitrogens with zero attached hydrogens (tertiary/aromatic N) is 2. The van der Waals surface area contributed by atoms with Gasteiger partial charge in [0.2, 0.25) is 0 Å². The third kappa shape index (κ3) is 6.58. The van der Waals surface area contributed by atoms with E-state index in [1.807, 2.05) is 24.3 Å². The van der Waals surface area contributed by atoms with Crippen molar-refractivity contribution >= 4 is 29.3 Å². The van der Waals surface area contributed by atoms with E-state index in [0.29, 0.717) is 22.9 Å². The van der Waals surface area contributed by atoms with Crippen molar-refractivity contribution in [3.05, 3.63) is 64.9 Å². The Kier molecular flexibility index (Phi) is 8.26. The Hall–Kier alpha value is -3.34. The molecule has 0 bridgehead atoms. The summed E-state index contributed by atoms with van der Waals surface area (Å²) in [6.07, 6.45) is 0.375. The minimum absolute atomic E-state index is 0.0211. The number of hydrogen-bond donors (Lipinski definition) is 5. The monoisotopic (exact) mass is 461 g/mol. The number of halogens is 1. The van der Waals surface area contributed by atoms with Crippen LogP contribution in [0.5, 0.6) is 5.75 Å². The maximum absolute atomic E-state index is 12.6. The van der Waals surface area contributed by atoms with Gasteiger partial charge in [-0.15, -0.1) is 0 Å². The minimum Gasteiger partial charge on any atom is -0.497 e. The number of urea groups is 1. The van der Waals surface area contributed by atoms with Gasteiger partial charge in [0.05, 0.1) is 32.4 Å². The highest BCUT2D eigenvalue weighted by atomic mass is 35.5. The Morgan fingerprint density at radius 2 is 1.81 bits per heavy atom. The van der Waals surface area contributed by atoms with Gasteiger partial charge in [-0.05, 0) is 42.0 Å². The average molecular weight is 462 g/mol. The van der Waals surface area contributed by atoms with E-state index in [1.54, 1.807) is 31.4 Å². The maximum Gasteiger partial charge on any atom is 0.321 e. The highest BCUT2D eigenvalue weighted by Gasteiger charge is 2.22. The summed E-state index contributed by atoms with van der Waals surface area (Å²) < 4.78 is 10.3. The van der Waals surface area contributed by atoms with E-state index in [2.05, 4.69) is 26.1 Å². The number of methoxy groups -OCH3 is 1. The molecule has 170 valence electrons. The second-order valence-corrected chi connectivity index (χ2v) is 7.31. The first kappa shape index (κ1) is 23.3. The van der Waals surface area contributed by atoms with Crippen LogP contribution in [0.15, 0.2) is 53.1 Å². The number of ether oxygens (including phenoxy) is 1. The molecule has 1 unspecified atom stereocenters. The molecule has 0 saturated heterocycles. The summed E-state index contributed by atoms with van der Waals surface area (Å²) in [5.41, 5.74) is 1.48. The molecule has 2 aromatic carbocycles. The molecule has 3 aromatic rings. The van der Waals surface area contributed by atoms with Gasteiger partial charge in [-0.2, -0.15) is 4.98 Å². The number of hydrogen-bond acceptors (Lipinski definition) is 8. The fourth-order valence-electron chi connectivity index (χ4n) is 2.82. The molecule has 32 heavy (non-hydrogen) atoms. The number of anilines is 2. The number of aromatic nitrogens is 2. The molecule has 0 aliphatic rings. The van der Waals surface area contributed by atoms with Crippen LogP contribution in [-0.4, -0.2) is 52.8 Å². The first-order chi connectivity index (χ1) is 15.5. The van der Waals surface area contributed by atoms with Gasteiger partial charge in [0.25, 0.3) is 0 Å². The number of carbonyl (C=O) groups excluding carboxylic acids is 1. The summed E-state index contributed by atoms with van der Waals surface area (Å²) in [5, 5.41) is 31.3. The van der Waals surface area contributed by atoms with Gasteiger partial charge in [0, 0.05) is 17.1 Å². The Bertz CT molecular complexity index is 993. The summed E-state index contributed by atoms with van der Waals surface area (Å²) in [6.45, 7) is -0.628. The van der Waals surface area contributed by atoms with Gasteiger partial charge >= 0.3 is 12.0 Å². The van der Waals surface area contributed by atoms with E-state index in [0.717, 1.165) is 5.56 Å². The molecule has 11 heteroatoms. The van der Waals surface area contributed by atoms with Crippen LogP contribution in [0.4, 0.5) is 16.5 Å². The third-order valence-corrected chi connectivity index (χ3v) is 4.78. The Balaban J connectivity index is 1.76. The quantitative estimate of drug-likeness (QED) is 0.310. The predicted octanol–water partition coefficient (Wildman–Crippen LogP) is 2.60. The fraction of sp³-hybridized carbons (Fsp3) is 0.286. The van der Waals surface area contributed by atoms with Crippen LogP contribution >= 0.6 is 11.6 Å². The van der Waals surface area contributed by atoms with Crippen LogP contribution in [0.3, 0.4) is 0 Å². The molecule has 0 aliphatic carbocycles. The number of amides is 2. The molecule has 1 aromatic heterocycles. The minimum atomic E-state index is -0.649. The van der Waals surface area contributed by atoms with Crippen LogP contribution in [0.25, 0.3) is 0 Å². The van der Waals surface area contributed by atoms with Crippen molar-refractivity contribution in [3.63, 3.8) is 0 Å². The zero-order valence-electron chi connectivity index (χ0n) is 17.3. The number of benzene rings is 2. The van der Waals surface area contributed by atoms with Crippen molar-refractivity contribution < 1.29 is 24.3 Å². The van der Waals surface area contributed by atoms with Crippen molar-refractivity contribution in [2.45, 2.75) is 18.5 Å². The summed E-state index contributed by atoms with van der Waals surface area (Å²) in [6, 6.07) is 12.4. The van der Waals surface area contributed by atoms with Crippen LogP contribution in [0.2, 0.25) is 5.02 Å². The first-order valence-electron chi connectivity index (χ1n) is 9.78. The number of carbonyl (C=O) groups is 1. The molecule has 1 atom stereocenters. The SMILES string of the molecule is COc1ccc(CC(NC(=O)Nc2ccc(Cl)cc2)c2noc(NC(CO)CO)n2)cc1. The summed E-state index contributed by atoms with van der Waals surface area (Å²) in [7, 11) is 1.58. The van der Waals surface area contributed by atoms with Crippen LogP contribution in [-0.2, 0) is 6.42 Å². The lowest BCUT2D eigenvalue weighted by molar-refractivity contribution is 0.201. The number of aliphatic hydroxyl groups excluding tert-OH is 2. The summed E-state index contributed by atoms with van der Waals surface area (Å²) in [4.78, 5) is 16.9. The lowest BCUT2D eigenvalue weighted by Gasteiger charge is -2.16. The second-order valence-electron chi connectivity index (χ2n) is 6.87. The van der Waals surface area contributed by atoms with Gasteiger partial charge in [-0.1, -0.05) is 28.9 Å². The zero-order valence-corrected chi connectivity index (χ0v) is 18.0. The van der Waals surface area contributed by atoms with E-state index >= 15 is 0 Å². The molecule has 0 radical (unpaired) electrons. The molecular weight excluding hydrogens is 438 g/mol. The van der Waals surface area contributed by atoms with Gasteiger partial charge in [0.1, 0.15) is 5.75 Å². The molecule has 1 heterocycles. The normalized spacial score (nSPS) is 11.8. The lowest BCUT2D eigenvalue weighted by Crippen LogP contribution is -2.34. The topological polar surface area (TPSA) is 142 Å². The number of nitrogens with one attached hydrogen (secondary N) is 3. The van der Waals surface area contributed by atoms with E-state index < -0.39 is 18.1 Å². The first-order valence-corrected chi connectivity index (χ1v) is 10.2. The van der Waals surface area contributed by atoms with Crippen LogP contribution < -0.4 is 20.7 Å². The van der Waals surface area contributed by atoms with Crippen molar-refractivity contribution in [1.29, 1.82) is 0 Å². The standard InChI is InChI=1S/C21H24ClN5O5/c1-31-17-8-2-13(3-9-17)10-18(19-26-21(32-27-19)24-16(11-28)12-29)25-20(30)23-15-6-4-14(22)5-7-15/h2-9,16,18,28-29H,10-12H2,1H3,(H2,23,25,30)(H,24,26,27). The van der Waals surface area contributed by atoms with Crippen LogP contribution in [0.1, 0.15) is 17.4 Å². The van der Waals surface area contributed by atoms with Crippen LogP contribution in [0, 0.1) is 0 Å². The van der Waals surface area contributed by atoms with E-state index in [-0.39, 0.29) is 25.1 Å². The molecule has 3 rings (SSSR count). The largest absolute Gasteiger partial charge is 0.497 e. The Morgan fingerprint density at radius 1 is 1.12 bits per heavy atom. The molecule has 0 fully saturated rings. The molecule has 5 N–H and O–H groups in total. The lowest BCUT2D eigenvalue weighted by atomic mass is 10.1. The Labute approximate surface area is 189 Å². The average Bonchev–Trinajstić information content (AvgIpc) is 3.27. The highest BCUT2D eigenvalue weighted by Crippen LogP contribution is 2.21. The van der Waals surface area contributed by atoms with Gasteiger partial charge in [-0.25, -0.2) is 4.79 Å². The van der Waals surface area contributed by atoms with E-state index in [4.69, 9.17) is 20.9 Å².